The van der Waals surface area contributed by atoms with E-state index in [4.69, 9.17) is 11.6 Å². The van der Waals surface area contributed by atoms with E-state index in [1.807, 2.05) is 18.3 Å². The van der Waals surface area contributed by atoms with Crippen molar-refractivity contribution in [1.29, 1.82) is 0 Å². The molecule has 8 heteroatoms. The number of fused-ring (bicyclic) bond motifs is 1. The molecule has 2 amide bonds. The molecular formula is C17H18ClN5O2. The number of carbonyl (C=O) groups is 2. The minimum atomic E-state index is -0.278. The van der Waals surface area contributed by atoms with Gasteiger partial charge in [0.2, 0.25) is 5.91 Å². The van der Waals surface area contributed by atoms with Gasteiger partial charge in [0.25, 0.3) is 5.91 Å². The van der Waals surface area contributed by atoms with Gasteiger partial charge in [-0.25, -0.2) is 4.68 Å². The summed E-state index contributed by atoms with van der Waals surface area (Å²) in [6.07, 6.45) is 3.49. The number of amides is 2. The molecule has 0 unspecified atom stereocenters. The molecule has 0 bridgehead atoms. The fourth-order valence-electron chi connectivity index (χ4n) is 3.37. The molecule has 130 valence electrons. The Kier molecular flexibility index (Phi) is 4.19. The van der Waals surface area contributed by atoms with Crippen molar-refractivity contribution < 1.29 is 9.59 Å². The summed E-state index contributed by atoms with van der Waals surface area (Å²) in [5.74, 6) is -0.169. The SMILES string of the molecule is O=C1NCCN2CCN(C(=O)c3cc(-n4cccn4)ccc3Cl)C[C@H]12. The molecule has 2 fully saturated rings. The monoisotopic (exact) mass is 359 g/mol. The second kappa shape index (κ2) is 6.50. The maximum absolute atomic E-state index is 13.0. The number of carbonyl (C=O) groups excluding carboxylic acids is 2. The van der Waals surface area contributed by atoms with Gasteiger partial charge in [0.1, 0.15) is 6.04 Å². The van der Waals surface area contributed by atoms with Gasteiger partial charge in [-0.1, -0.05) is 11.6 Å². The third kappa shape index (κ3) is 3.01. The van der Waals surface area contributed by atoms with Crippen LogP contribution in [0, 0.1) is 0 Å². The predicted octanol–water partition coefficient (Wildman–Crippen LogP) is 0.782. The Labute approximate surface area is 150 Å². The number of nitrogens with one attached hydrogen (secondary N) is 1. The van der Waals surface area contributed by atoms with Crippen LogP contribution in [0.2, 0.25) is 5.02 Å². The largest absolute Gasteiger partial charge is 0.353 e. The van der Waals surface area contributed by atoms with Gasteiger partial charge in [-0.15, -0.1) is 0 Å². The molecule has 25 heavy (non-hydrogen) atoms. The van der Waals surface area contributed by atoms with Gasteiger partial charge in [-0.05, 0) is 24.3 Å². The van der Waals surface area contributed by atoms with Crippen LogP contribution in [0.15, 0.2) is 36.7 Å². The molecule has 7 nitrogen and oxygen atoms in total. The van der Waals surface area contributed by atoms with E-state index in [0.29, 0.717) is 36.8 Å². The van der Waals surface area contributed by atoms with Gasteiger partial charge in [0.15, 0.2) is 0 Å². The highest BCUT2D eigenvalue weighted by Crippen LogP contribution is 2.23. The first-order valence-corrected chi connectivity index (χ1v) is 8.62. The van der Waals surface area contributed by atoms with E-state index in [2.05, 4.69) is 15.3 Å². The van der Waals surface area contributed by atoms with Crippen LogP contribution in [0.1, 0.15) is 10.4 Å². The van der Waals surface area contributed by atoms with Crippen molar-refractivity contribution in [3.63, 3.8) is 0 Å². The molecule has 0 radical (unpaired) electrons. The first-order chi connectivity index (χ1) is 12.1. The highest BCUT2D eigenvalue weighted by Gasteiger charge is 2.36. The van der Waals surface area contributed by atoms with E-state index in [0.717, 1.165) is 12.2 Å². The van der Waals surface area contributed by atoms with Crippen LogP contribution in [-0.2, 0) is 4.79 Å². The molecule has 2 aliphatic heterocycles. The zero-order chi connectivity index (χ0) is 17.4. The summed E-state index contributed by atoms with van der Waals surface area (Å²) in [7, 11) is 0. The average molecular weight is 360 g/mol. The molecule has 2 aliphatic rings. The number of rotatable bonds is 2. The number of piperazine rings is 2. The Morgan fingerprint density at radius 2 is 2.16 bits per heavy atom. The number of halogens is 1. The van der Waals surface area contributed by atoms with E-state index in [1.165, 1.54) is 0 Å². The van der Waals surface area contributed by atoms with Gasteiger partial charge in [-0.2, -0.15) is 5.10 Å². The first-order valence-electron chi connectivity index (χ1n) is 8.24. The Bertz CT molecular complexity index is 807. The van der Waals surface area contributed by atoms with Gasteiger partial charge < -0.3 is 10.2 Å². The lowest BCUT2D eigenvalue weighted by Gasteiger charge is -2.43. The smallest absolute Gasteiger partial charge is 0.255 e. The molecule has 4 rings (SSSR count). The number of benzene rings is 1. The molecule has 0 spiro atoms. The predicted molar refractivity (Wildman–Crippen MR) is 92.8 cm³/mol. The van der Waals surface area contributed by atoms with Crippen molar-refractivity contribution in [2.45, 2.75) is 6.04 Å². The second-order valence-electron chi connectivity index (χ2n) is 6.21. The summed E-state index contributed by atoms with van der Waals surface area (Å²) >= 11 is 6.27. The summed E-state index contributed by atoms with van der Waals surface area (Å²) in [6, 6.07) is 6.80. The van der Waals surface area contributed by atoms with Crippen LogP contribution in [0.4, 0.5) is 0 Å². The molecule has 3 heterocycles. The number of nitrogens with zero attached hydrogens (tertiary/aromatic N) is 4. The van der Waals surface area contributed by atoms with Crippen LogP contribution >= 0.6 is 11.6 Å². The van der Waals surface area contributed by atoms with Crippen molar-refractivity contribution in [2.24, 2.45) is 0 Å². The van der Waals surface area contributed by atoms with Crippen LogP contribution < -0.4 is 5.32 Å². The first kappa shape index (κ1) is 16.1. The fourth-order valence-corrected chi connectivity index (χ4v) is 3.57. The van der Waals surface area contributed by atoms with E-state index >= 15 is 0 Å². The van der Waals surface area contributed by atoms with Crippen molar-refractivity contribution in [3.05, 3.63) is 47.2 Å². The fraction of sp³-hybridized carbons (Fsp3) is 0.353. The highest BCUT2D eigenvalue weighted by atomic mass is 35.5. The maximum atomic E-state index is 13.0. The van der Waals surface area contributed by atoms with E-state index in [9.17, 15) is 9.59 Å². The lowest BCUT2D eigenvalue weighted by Crippen LogP contribution is -2.64. The Morgan fingerprint density at radius 1 is 1.28 bits per heavy atom. The van der Waals surface area contributed by atoms with E-state index in [-0.39, 0.29) is 17.9 Å². The van der Waals surface area contributed by atoms with Gasteiger partial charge in [-0.3, -0.25) is 14.5 Å². The number of aromatic nitrogens is 2. The topological polar surface area (TPSA) is 70.5 Å². The lowest BCUT2D eigenvalue weighted by molar-refractivity contribution is -0.131. The second-order valence-corrected chi connectivity index (χ2v) is 6.62. The van der Waals surface area contributed by atoms with E-state index in [1.54, 1.807) is 27.9 Å². The maximum Gasteiger partial charge on any atom is 0.255 e. The minimum absolute atomic E-state index is 0.0138. The third-order valence-electron chi connectivity index (χ3n) is 4.73. The summed E-state index contributed by atoms with van der Waals surface area (Å²) in [5, 5.41) is 7.44. The van der Waals surface area contributed by atoms with Crippen molar-refractivity contribution >= 4 is 23.4 Å². The minimum Gasteiger partial charge on any atom is -0.353 e. The van der Waals surface area contributed by atoms with Crippen molar-refractivity contribution in [2.75, 3.05) is 32.7 Å². The zero-order valence-corrected chi connectivity index (χ0v) is 14.3. The molecule has 1 aromatic heterocycles. The zero-order valence-electron chi connectivity index (χ0n) is 13.6. The molecule has 1 atom stereocenters. The molecule has 1 N–H and O–H groups in total. The summed E-state index contributed by atoms with van der Waals surface area (Å²) in [4.78, 5) is 28.9. The van der Waals surface area contributed by atoms with Crippen molar-refractivity contribution in [3.8, 4) is 5.69 Å². The molecule has 0 saturated carbocycles. The highest BCUT2D eigenvalue weighted by molar-refractivity contribution is 6.33. The summed E-state index contributed by atoms with van der Waals surface area (Å²) < 4.78 is 1.68. The number of hydrogen-bond acceptors (Lipinski definition) is 4. The molecule has 2 aromatic rings. The summed E-state index contributed by atoms with van der Waals surface area (Å²) in [6.45, 7) is 3.16. The molecule has 0 aliphatic carbocycles. The van der Waals surface area contributed by atoms with Gasteiger partial charge >= 0.3 is 0 Å². The van der Waals surface area contributed by atoms with Crippen LogP contribution in [0.5, 0.6) is 0 Å². The average Bonchev–Trinajstić information content (AvgIpc) is 3.16. The normalized spacial score (nSPS) is 20.9. The molecule has 1 aromatic carbocycles. The molecule has 2 saturated heterocycles. The quantitative estimate of drug-likeness (QED) is 0.860. The van der Waals surface area contributed by atoms with E-state index < -0.39 is 0 Å². The van der Waals surface area contributed by atoms with Crippen LogP contribution in [-0.4, -0.2) is 70.2 Å². The Hall–Kier alpha value is -2.38. The van der Waals surface area contributed by atoms with Crippen LogP contribution in [0.3, 0.4) is 0 Å². The summed E-state index contributed by atoms with van der Waals surface area (Å²) in [5.41, 5.74) is 1.20. The standard InChI is InChI=1S/C17H18ClN5O2/c18-14-3-2-12(23-6-1-4-20-23)10-13(14)17(25)22-9-8-21-7-5-19-16(24)15(21)11-22/h1-4,6,10,15H,5,7-9,11H2,(H,19,24)/t15-/m1/s1. The van der Waals surface area contributed by atoms with Crippen molar-refractivity contribution in [1.82, 2.24) is 24.9 Å². The Morgan fingerprint density at radius 3 is 2.96 bits per heavy atom. The van der Waals surface area contributed by atoms with Gasteiger partial charge in [0.05, 0.1) is 16.3 Å². The lowest BCUT2D eigenvalue weighted by atomic mass is 10.1. The Balaban J connectivity index is 1.58. The number of hydrogen-bond donors (Lipinski definition) is 1. The third-order valence-corrected chi connectivity index (χ3v) is 5.06. The van der Waals surface area contributed by atoms with Crippen LogP contribution in [0.25, 0.3) is 5.69 Å². The van der Waals surface area contributed by atoms with Gasteiger partial charge in [0, 0.05) is 45.1 Å². The molecular weight excluding hydrogens is 342 g/mol.